The van der Waals surface area contributed by atoms with Gasteiger partial charge in [0.2, 0.25) is 5.91 Å². The van der Waals surface area contributed by atoms with Crippen LogP contribution in [0.4, 0.5) is 0 Å². The Morgan fingerprint density at radius 3 is 2.93 bits per heavy atom. The normalized spacial score (nSPS) is 16.2. The van der Waals surface area contributed by atoms with Gasteiger partial charge in [-0.1, -0.05) is 42.4 Å². The van der Waals surface area contributed by atoms with Gasteiger partial charge < -0.3 is 9.47 Å². The molecule has 8 heteroatoms. The molecule has 1 amide bonds. The lowest BCUT2D eigenvalue weighted by atomic mass is 9.98. The number of fused-ring (bicyclic) bond motifs is 1. The molecule has 1 atom stereocenters. The number of thioether (sulfide) groups is 1. The summed E-state index contributed by atoms with van der Waals surface area (Å²) in [4.78, 5) is 16.4. The second kappa shape index (κ2) is 8.27. The van der Waals surface area contributed by atoms with Crippen molar-refractivity contribution in [3.05, 3.63) is 51.2 Å². The number of benzene rings is 1. The van der Waals surface area contributed by atoms with Crippen molar-refractivity contribution >= 4 is 40.6 Å². The fraction of sp³-hybridized carbons (Fsp3) is 0.350. The third-order valence-electron chi connectivity index (χ3n) is 5.08. The largest absolute Gasteiger partial charge is 0.335 e. The van der Waals surface area contributed by atoms with E-state index in [2.05, 4.69) is 28.6 Å². The highest BCUT2D eigenvalue weighted by atomic mass is 35.5. The molecular weight excluding hydrogens is 412 g/mol. The Bertz CT molecular complexity index is 1000. The molecule has 0 saturated heterocycles. The van der Waals surface area contributed by atoms with Gasteiger partial charge in [-0.05, 0) is 42.0 Å². The van der Waals surface area contributed by atoms with E-state index < -0.39 is 0 Å². The molecule has 0 aliphatic carbocycles. The van der Waals surface area contributed by atoms with E-state index in [1.165, 1.54) is 22.2 Å². The molecule has 1 unspecified atom stereocenters. The molecule has 2 aromatic heterocycles. The number of carbonyl (C=O) groups is 1. The predicted molar refractivity (Wildman–Crippen MR) is 115 cm³/mol. The molecule has 1 aliphatic heterocycles. The first-order chi connectivity index (χ1) is 13.6. The van der Waals surface area contributed by atoms with Crippen molar-refractivity contribution in [2.24, 2.45) is 7.05 Å². The van der Waals surface area contributed by atoms with Gasteiger partial charge in [-0.3, -0.25) is 4.79 Å². The van der Waals surface area contributed by atoms with Crippen LogP contribution in [0.2, 0.25) is 5.02 Å². The van der Waals surface area contributed by atoms with E-state index in [0.717, 1.165) is 24.9 Å². The lowest BCUT2D eigenvalue weighted by Crippen LogP contribution is -2.40. The van der Waals surface area contributed by atoms with Crippen LogP contribution in [0.1, 0.15) is 29.8 Å². The van der Waals surface area contributed by atoms with Crippen molar-refractivity contribution in [3.8, 4) is 11.4 Å². The van der Waals surface area contributed by atoms with Gasteiger partial charge in [0, 0.05) is 24.0 Å². The Morgan fingerprint density at radius 2 is 2.14 bits per heavy atom. The van der Waals surface area contributed by atoms with Crippen LogP contribution in [-0.2, 0) is 18.3 Å². The summed E-state index contributed by atoms with van der Waals surface area (Å²) < 4.78 is 1.89. The molecule has 0 fully saturated rings. The summed E-state index contributed by atoms with van der Waals surface area (Å²) in [6.45, 7) is 2.93. The van der Waals surface area contributed by atoms with Gasteiger partial charge in [0.15, 0.2) is 11.0 Å². The van der Waals surface area contributed by atoms with Crippen molar-refractivity contribution in [1.29, 1.82) is 0 Å². The Kier molecular flexibility index (Phi) is 5.75. The summed E-state index contributed by atoms with van der Waals surface area (Å²) in [6.07, 6.45) is 1.88. The number of aromatic nitrogens is 3. The van der Waals surface area contributed by atoms with Crippen molar-refractivity contribution in [2.45, 2.75) is 31.0 Å². The molecule has 0 bridgehead atoms. The predicted octanol–water partition coefficient (Wildman–Crippen LogP) is 4.83. The van der Waals surface area contributed by atoms with Crippen LogP contribution in [0, 0.1) is 0 Å². The van der Waals surface area contributed by atoms with E-state index >= 15 is 0 Å². The zero-order valence-electron chi connectivity index (χ0n) is 15.8. The first-order valence-corrected chi connectivity index (χ1v) is 11.5. The van der Waals surface area contributed by atoms with Gasteiger partial charge >= 0.3 is 0 Å². The summed E-state index contributed by atoms with van der Waals surface area (Å²) in [5, 5.41) is 12.0. The number of rotatable bonds is 5. The van der Waals surface area contributed by atoms with Gasteiger partial charge in [0.1, 0.15) is 0 Å². The average molecular weight is 433 g/mol. The van der Waals surface area contributed by atoms with Crippen molar-refractivity contribution in [2.75, 3.05) is 12.3 Å². The lowest BCUT2D eigenvalue weighted by molar-refractivity contribution is -0.131. The number of hydrogen-bond donors (Lipinski definition) is 0. The Hall–Kier alpha value is -1.83. The highest BCUT2D eigenvalue weighted by Crippen LogP contribution is 2.36. The van der Waals surface area contributed by atoms with E-state index in [1.807, 2.05) is 40.8 Å². The van der Waals surface area contributed by atoms with Crippen molar-refractivity contribution in [1.82, 2.24) is 19.7 Å². The zero-order chi connectivity index (χ0) is 19.7. The Morgan fingerprint density at radius 1 is 1.32 bits per heavy atom. The summed E-state index contributed by atoms with van der Waals surface area (Å²) >= 11 is 9.51. The number of carbonyl (C=O) groups excluding carboxylic acids is 1. The summed E-state index contributed by atoms with van der Waals surface area (Å²) in [5.41, 5.74) is 2.15. The fourth-order valence-corrected chi connectivity index (χ4v) is 5.61. The Balaban J connectivity index is 1.47. The smallest absolute Gasteiger partial charge is 0.233 e. The van der Waals surface area contributed by atoms with Crippen LogP contribution in [0.5, 0.6) is 0 Å². The molecule has 3 heterocycles. The first-order valence-electron chi connectivity index (χ1n) is 9.23. The summed E-state index contributed by atoms with van der Waals surface area (Å²) in [5.74, 6) is 1.20. The topological polar surface area (TPSA) is 51.0 Å². The number of nitrogens with zero attached hydrogens (tertiary/aromatic N) is 4. The first kappa shape index (κ1) is 19.5. The van der Waals surface area contributed by atoms with Crippen LogP contribution in [0.25, 0.3) is 11.4 Å². The number of amides is 1. The molecule has 3 aromatic rings. The molecule has 1 aromatic carbocycles. The molecule has 1 aliphatic rings. The summed E-state index contributed by atoms with van der Waals surface area (Å²) in [7, 11) is 1.90. The third-order valence-corrected chi connectivity index (χ3v) is 7.41. The molecule has 4 rings (SSSR count). The minimum atomic E-state index is 0.149. The number of thiophene rings is 1. The standard InChI is InChI=1S/C20H21ClN4OS2/c1-3-16-14-9-11-27-17(14)8-10-25(16)18(26)12-28-20-23-22-19(24(20)2)13-6-4-5-7-15(13)21/h4-7,9,11,16H,3,8,10,12H2,1-2H3. The van der Waals surface area contributed by atoms with Gasteiger partial charge in [0.25, 0.3) is 0 Å². The molecule has 0 N–H and O–H groups in total. The van der Waals surface area contributed by atoms with Crippen LogP contribution in [0.3, 0.4) is 0 Å². The van der Waals surface area contributed by atoms with Crippen LogP contribution in [0.15, 0.2) is 40.9 Å². The maximum Gasteiger partial charge on any atom is 0.233 e. The number of halogens is 1. The maximum atomic E-state index is 12.9. The van der Waals surface area contributed by atoms with Crippen molar-refractivity contribution < 1.29 is 4.79 Å². The summed E-state index contributed by atoms with van der Waals surface area (Å²) in [6, 6.07) is 9.91. The molecular formula is C20H21ClN4OS2. The maximum absolute atomic E-state index is 12.9. The Labute approximate surface area is 177 Å². The monoisotopic (exact) mass is 432 g/mol. The van der Waals surface area contributed by atoms with Gasteiger partial charge in [-0.25, -0.2) is 0 Å². The molecule has 0 radical (unpaired) electrons. The van der Waals surface area contributed by atoms with Gasteiger partial charge in [0.05, 0.1) is 16.8 Å². The van der Waals surface area contributed by atoms with E-state index in [0.29, 0.717) is 21.8 Å². The van der Waals surface area contributed by atoms with Crippen LogP contribution in [-0.4, -0.2) is 37.9 Å². The van der Waals surface area contributed by atoms with Crippen LogP contribution >= 0.6 is 34.7 Å². The molecule has 0 saturated carbocycles. The minimum Gasteiger partial charge on any atom is -0.335 e. The highest BCUT2D eigenvalue weighted by molar-refractivity contribution is 7.99. The number of hydrogen-bond acceptors (Lipinski definition) is 5. The second-order valence-electron chi connectivity index (χ2n) is 6.69. The van der Waals surface area contributed by atoms with Crippen molar-refractivity contribution in [3.63, 3.8) is 0 Å². The fourth-order valence-electron chi connectivity index (χ4n) is 3.66. The van der Waals surface area contributed by atoms with E-state index in [4.69, 9.17) is 11.6 Å². The van der Waals surface area contributed by atoms with E-state index in [1.54, 1.807) is 11.3 Å². The van der Waals surface area contributed by atoms with E-state index in [-0.39, 0.29) is 11.9 Å². The molecule has 0 spiro atoms. The SMILES string of the molecule is CCC1c2ccsc2CCN1C(=O)CSc1nnc(-c2ccccc2Cl)n1C. The highest BCUT2D eigenvalue weighted by Gasteiger charge is 2.30. The third kappa shape index (κ3) is 3.58. The van der Waals surface area contributed by atoms with Crippen LogP contribution < -0.4 is 0 Å². The molecule has 146 valence electrons. The average Bonchev–Trinajstić information content (AvgIpc) is 3.32. The quantitative estimate of drug-likeness (QED) is 0.542. The van der Waals surface area contributed by atoms with E-state index in [9.17, 15) is 4.79 Å². The molecule has 5 nitrogen and oxygen atoms in total. The zero-order valence-corrected chi connectivity index (χ0v) is 18.2. The lowest BCUT2D eigenvalue weighted by Gasteiger charge is -2.35. The second-order valence-corrected chi connectivity index (χ2v) is 9.04. The molecule has 28 heavy (non-hydrogen) atoms. The van der Waals surface area contributed by atoms with Gasteiger partial charge in [-0.15, -0.1) is 21.5 Å². The minimum absolute atomic E-state index is 0.149. The van der Waals surface area contributed by atoms with Gasteiger partial charge in [-0.2, -0.15) is 0 Å².